The molecule has 0 aromatic carbocycles. The first kappa shape index (κ1) is 6.99. The van der Waals surface area contributed by atoms with Gasteiger partial charge in [-0.25, -0.2) is 0 Å². The molecule has 10 heavy (non-hydrogen) atoms. The van der Waals surface area contributed by atoms with Crippen LogP contribution in [0.4, 0.5) is 0 Å². The lowest BCUT2D eigenvalue weighted by molar-refractivity contribution is 0.0462. The van der Waals surface area contributed by atoms with Crippen molar-refractivity contribution in [1.29, 1.82) is 0 Å². The van der Waals surface area contributed by atoms with Crippen LogP contribution in [0.15, 0.2) is 0 Å². The zero-order valence-corrected chi connectivity index (χ0v) is 7.03. The number of fused-ring (bicyclic) bond motifs is 5. The highest BCUT2D eigenvalue weighted by Crippen LogP contribution is 2.30. The van der Waals surface area contributed by atoms with Crippen LogP contribution < -0.4 is 0 Å². The Morgan fingerprint density at radius 2 is 2.10 bits per heavy atom. The Morgan fingerprint density at radius 1 is 1.20 bits per heavy atom. The molecule has 0 saturated carbocycles. The van der Waals surface area contributed by atoms with Crippen molar-refractivity contribution >= 4 is 11.8 Å². The number of hydrogen-bond donors (Lipinski definition) is 0. The Bertz CT molecular complexity index is 88.3. The molecule has 0 aromatic heterocycles. The van der Waals surface area contributed by atoms with Gasteiger partial charge in [-0.15, -0.1) is 0 Å². The third-order valence-corrected chi connectivity index (χ3v) is 3.75. The standard InChI is InChI=1S/C8H14OS/c1-2-4-8-5-9-7(3-1)6-10-8/h7-8H,1-6H2. The van der Waals surface area contributed by atoms with Crippen LogP contribution >= 0.6 is 11.8 Å². The third-order valence-electron chi connectivity index (χ3n) is 2.34. The van der Waals surface area contributed by atoms with Gasteiger partial charge < -0.3 is 4.74 Å². The van der Waals surface area contributed by atoms with E-state index in [0.29, 0.717) is 6.10 Å². The molecule has 3 aliphatic heterocycles. The fourth-order valence-corrected chi connectivity index (χ4v) is 2.92. The van der Waals surface area contributed by atoms with Crippen molar-refractivity contribution in [2.24, 2.45) is 0 Å². The molecule has 58 valence electrons. The molecule has 3 saturated heterocycles. The summed E-state index contributed by atoms with van der Waals surface area (Å²) in [5, 5.41) is 0.830. The summed E-state index contributed by atoms with van der Waals surface area (Å²) < 4.78 is 5.66. The van der Waals surface area contributed by atoms with Crippen molar-refractivity contribution in [2.45, 2.75) is 37.0 Å². The first-order valence-electron chi connectivity index (χ1n) is 4.18. The number of hydrogen-bond acceptors (Lipinski definition) is 2. The van der Waals surface area contributed by atoms with Gasteiger partial charge in [0.1, 0.15) is 0 Å². The highest BCUT2D eigenvalue weighted by molar-refractivity contribution is 8.00. The van der Waals surface area contributed by atoms with Crippen LogP contribution in [0.25, 0.3) is 0 Å². The summed E-state index contributed by atoms with van der Waals surface area (Å²) in [6, 6.07) is 0. The first-order valence-corrected chi connectivity index (χ1v) is 5.23. The lowest BCUT2D eigenvalue weighted by atomic mass is 10.1. The van der Waals surface area contributed by atoms with Gasteiger partial charge in [0.05, 0.1) is 12.7 Å². The highest BCUT2D eigenvalue weighted by Gasteiger charge is 2.23. The summed E-state index contributed by atoms with van der Waals surface area (Å²) in [5.41, 5.74) is 0. The first-order chi connectivity index (χ1) is 4.95. The number of rotatable bonds is 0. The molecule has 2 atom stereocenters. The van der Waals surface area contributed by atoms with E-state index in [1.54, 1.807) is 0 Å². The molecule has 0 N–H and O–H groups in total. The number of thioether (sulfide) groups is 1. The Labute approximate surface area is 66.5 Å². The molecule has 0 aliphatic carbocycles. The molecule has 3 rings (SSSR count). The van der Waals surface area contributed by atoms with Gasteiger partial charge in [0.25, 0.3) is 0 Å². The quantitative estimate of drug-likeness (QED) is 0.533. The van der Waals surface area contributed by atoms with Crippen molar-refractivity contribution in [1.82, 2.24) is 0 Å². The maximum atomic E-state index is 5.66. The Balaban J connectivity index is 1.94. The van der Waals surface area contributed by atoms with E-state index in [2.05, 4.69) is 11.8 Å². The molecule has 3 heterocycles. The van der Waals surface area contributed by atoms with E-state index in [0.717, 1.165) is 11.9 Å². The molecular weight excluding hydrogens is 144 g/mol. The zero-order chi connectivity index (χ0) is 6.81. The van der Waals surface area contributed by atoms with Crippen molar-refractivity contribution in [3.8, 4) is 0 Å². The van der Waals surface area contributed by atoms with Crippen LogP contribution in [-0.4, -0.2) is 23.7 Å². The predicted molar refractivity (Wildman–Crippen MR) is 44.5 cm³/mol. The molecule has 0 radical (unpaired) electrons. The SMILES string of the molecule is C1CCC2COC(C1)CS2. The third kappa shape index (κ3) is 1.48. The molecule has 3 fully saturated rings. The van der Waals surface area contributed by atoms with Crippen molar-refractivity contribution in [3.05, 3.63) is 0 Å². The Hall–Kier alpha value is 0.310. The van der Waals surface area contributed by atoms with E-state index in [4.69, 9.17) is 4.74 Å². The summed E-state index contributed by atoms with van der Waals surface area (Å²) >= 11 is 2.12. The van der Waals surface area contributed by atoms with Gasteiger partial charge in [0, 0.05) is 11.0 Å². The number of ether oxygens (including phenoxy) is 1. The van der Waals surface area contributed by atoms with Gasteiger partial charge in [-0.05, 0) is 12.8 Å². The molecule has 2 unspecified atom stereocenters. The van der Waals surface area contributed by atoms with Crippen LogP contribution in [0.3, 0.4) is 0 Å². The van der Waals surface area contributed by atoms with Crippen LogP contribution in [-0.2, 0) is 4.74 Å². The topological polar surface area (TPSA) is 9.23 Å². The van der Waals surface area contributed by atoms with Crippen LogP contribution in [0.5, 0.6) is 0 Å². The molecule has 0 spiro atoms. The van der Waals surface area contributed by atoms with E-state index in [-0.39, 0.29) is 0 Å². The van der Waals surface area contributed by atoms with E-state index in [1.807, 2.05) is 0 Å². The van der Waals surface area contributed by atoms with Crippen molar-refractivity contribution in [3.63, 3.8) is 0 Å². The largest absolute Gasteiger partial charge is 0.376 e. The second-order valence-corrected chi connectivity index (χ2v) is 4.53. The lowest BCUT2D eigenvalue weighted by Gasteiger charge is -2.31. The minimum Gasteiger partial charge on any atom is -0.376 e. The van der Waals surface area contributed by atoms with E-state index in [1.165, 1.54) is 31.4 Å². The molecule has 2 heteroatoms. The molecular formula is C8H14OS. The Kier molecular flexibility index (Phi) is 2.19. The average molecular weight is 158 g/mol. The summed E-state index contributed by atoms with van der Waals surface area (Å²) in [6.07, 6.45) is 6.11. The second-order valence-electron chi connectivity index (χ2n) is 3.20. The minimum absolute atomic E-state index is 0.599. The Morgan fingerprint density at radius 3 is 2.90 bits per heavy atom. The lowest BCUT2D eigenvalue weighted by Crippen LogP contribution is -2.31. The van der Waals surface area contributed by atoms with Crippen LogP contribution in [0.2, 0.25) is 0 Å². The van der Waals surface area contributed by atoms with E-state index >= 15 is 0 Å². The van der Waals surface area contributed by atoms with Gasteiger partial charge in [-0.3, -0.25) is 0 Å². The van der Waals surface area contributed by atoms with Gasteiger partial charge in [-0.2, -0.15) is 11.8 Å². The normalized spacial score (nSPS) is 40.8. The monoisotopic (exact) mass is 158 g/mol. The maximum absolute atomic E-state index is 5.66. The molecule has 0 aromatic rings. The molecule has 2 bridgehead atoms. The van der Waals surface area contributed by atoms with Crippen LogP contribution in [0.1, 0.15) is 25.7 Å². The van der Waals surface area contributed by atoms with Gasteiger partial charge >= 0.3 is 0 Å². The fourth-order valence-electron chi connectivity index (χ4n) is 1.66. The van der Waals surface area contributed by atoms with E-state index < -0.39 is 0 Å². The van der Waals surface area contributed by atoms with E-state index in [9.17, 15) is 0 Å². The maximum Gasteiger partial charge on any atom is 0.0666 e. The van der Waals surface area contributed by atoms with Gasteiger partial charge in [0.2, 0.25) is 0 Å². The van der Waals surface area contributed by atoms with Crippen molar-refractivity contribution in [2.75, 3.05) is 12.4 Å². The average Bonchev–Trinajstić information content (AvgIpc) is 1.89. The molecule has 1 nitrogen and oxygen atoms in total. The smallest absolute Gasteiger partial charge is 0.0666 e. The van der Waals surface area contributed by atoms with Gasteiger partial charge in [0.15, 0.2) is 0 Å². The highest BCUT2D eigenvalue weighted by atomic mass is 32.2. The summed E-state index contributed by atoms with van der Waals surface area (Å²) in [6.45, 7) is 1.02. The molecule has 0 amide bonds. The van der Waals surface area contributed by atoms with Crippen LogP contribution in [0, 0.1) is 0 Å². The summed E-state index contributed by atoms with van der Waals surface area (Å²) in [4.78, 5) is 0. The van der Waals surface area contributed by atoms with Crippen molar-refractivity contribution < 1.29 is 4.74 Å². The zero-order valence-electron chi connectivity index (χ0n) is 6.21. The fraction of sp³-hybridized carbons (Fsp3) is 1.00. The van der Waals surface area contributed by atoms with Gasteiger partial charge in [-0.1, -0.05) is 12.8 Å². The summed E-state index contributed by atoms with van der Waals surface area (Å²) in [5.74, 6) is 1.25. The molecule has 3 aliphatic rings. The second kappa shape index (κ2) is 3.14. The summed E-state index contributed by atoms with van der Waals surface area (Å²) in [7, 11) is 0. The minimum atomic E-state index is 0.599. The predicted octanol–water partition coefficient (Wildman–Crippen LogP) is 2.06.